The Morgan fingerprint density at radius 3 is 2.00 bits per heavy atom. The molecule has 0 rings (SSSR count). The van der Waals surface area contributed by atoms with Gasteiger partial charge >= 0.3 is 7.82 Å². The van der Waals surface area contributed by atoms with Crippen LogP contribution in [0.2, 0.25) is 0 Å². The molecule has 0 unspecified atom stereocenters. The van der Waals surface area contributed by atoms with Crippen molar-refractivity contribution in [1.29, 1.82) is 0 Å². The monoisotopic (exact) mass is 250 g/mol. The molecule has 7 heteroatoms. The molecule has 0 aliphatic carbocycles. The summed E-state index contributed by atoms with van der Waals surface area (Å²) in [4.78, 5) is 0. The van der Waals surface area contributed by atoms with Crippen molar-refractivity contribution in [2.24, 2.45) is 5.92 Å². The first-order chi connectivity index (χ1) is 6.11. The number of phosphoric acid groups is 1. The molecule has 0 aromatic carbocycles. The molecule has 0 aromatic heterocycles. The first kappa shape index (κ1) is 13.7. The molecule has 13 heavy (non-hydrogen) atoms. The van der Waals surface area contributed by atoms with Crippen LogP contribution < -0.4 is 0 Å². The Balaban J connectivity index is 3.91. The molecule has 0 N–H and O–H groups in total. The van der Waals surface area contributed by atoms with Gasteiger partial charge in [0.25, 0.3) is 0 Å². The van der Waals surface area contributed by atoms with E-state index in [9.17, 15) is 4.57 Å². The molecule has 0 atom stereocenters. The molecule has 0 saturated heterocycles. The second-order valence-electron chi connectivity index (χ2n) is 2.56. The molecular formula is C6H13Cl2O4P. The third-order valence-corrected chi connectivity index (χ3v) is 3.61. The highest BCUT2D eigenvalue weighted by Crippen LogP contribution is 2.52. The van der Waals surface area contributed by atoms with Crippen LogP contribution in [-0.4, -0.2) is 6.61 Å². The summed E-state index contributed by atoms with van der Waals surface area (Å²) in [7, 11) is -3.73. The van der Waals surface area contributed by atoms with Gasteiger partial charge in [0.2, 0.25) is 0 Å². The molecule has 4 nitrogen and oxygen atoms in total. The molecule has 0 saturated carbocycles. The smallest absolute Gasteiger partial charge is 0.285 e. The topological polar surface area (TPSA) is 44.8 Å². The summed E-state index contributed by atoms with van der Waals surface area (Å²) < 4.78 is 23.9. The van der Waals surface area contributed by atoms with E-state index in [-0.39, 0.29) is 6.61 Å². The molecule has 0 aromatic rings. The van der Waals surface area contributed by atoms with Crippen molar-refractivity contribution in [3.8, 4) is 0 Å². The fourth-order valence-corrected chi connectivity index (χ4v) is 1.76. The molecule has 0 bridgehead atoms. The Bertz CT molecular complexity index is 166. The third-order valence-electron chi connectivity index (χ3n) is 1.79. The lowest BCUT2D eigenvalue weighted by atomic mass is 10.1. The van der Waals surface area contributed by atoms with Gasteiger partial charge in [0.05, 0.1) is 30.3 Å². The summed E-state index contributed by atoms with van der Waals surface area (Å²) in [5.74, 6) is 0.298. The van der Waals surface area contributed by atoms with Gasteiger partial charge < -0.3 is 0 Å². The lowest BCUT2D eigenvalue weighted by molar-refractivity contribution is 0.180. The van der Waals surface area contributed by atoms with Gasteiger partial charge in [-0.15, -0.1) is 0 Å². The van der Waals surface area contributed by atoms with Crippen molar-refractivity contribution in [2.45, 2.75) is 26.7 Å². The summed E-state index contributed by atoms with van der Waals surface area (Å²) in [6.07, 6.45) is 1.84. The zero-order chi connectivity index (χ0) is 10.3. The molecule has 0 spiro atoms. The average Bonchev–Trinajstić information content (AvgIpc) is 2.19. The highest BCUT2D eigenvalue weighted by atomic mass is 35.5. The van der Waals surface area contributed by atoms with E-state index in [1.54, 1.807) is 0 Å². The first-order valence-corrected chi connectivity index (χ1v) is 6.04. The molecule has 0 amide bonds. The summed E-state index contributed by atoms with van der Waals surface area (Å²) in [5, 5.41) is 0. The van der Waals surface area contributed by atoms with Crippen LogP contribution in [0, 0.1) is 5.92 Å². The number of hydrogen-bond acceptors (Lipinski definition) is 4. The van der Waals surface area contributed by atoms with E-state index in [1.807, 2.05) is 13.8 Å². The van der Waals surface area contributed by atoms with E-state index in [0.29, 0.717) is 5.92 Å². The van der Waals surface area contributed by atoms with Crippen LogP contribution in [0.3, 0.4) is 0 Å². The van der Waals surface area contributed by atoms with Gasteiger partial charge in [0, 0.05) is 0 Å². The second kappa shape index (κ2) is 7.04. The number of rotatable bonds is 7. The van der Waals surface area contributed by atoms with E-state index in [1.165, 1.54) is 0 Å². The van der Waals surface area contributed by atoms with Gasteiger partial charge in [-0.2, -0.15) is 8.15 Å². The summed E-state index contributed by atoms with van der Waals surface area (Å²) >= 11 is 9.76. The zero-order valence-electron chi connectivity index (χ0n) is 7.53. The van der Waals surface area contributed by atoms with E-state index in [0.717, 1.165) is 12.8 Å². The Kier molecular flexibility index (Phi) is 7.42. The standard InChI is InChI=1S/C6H13Cl2O4P/c1-3-6(4-2)5-10-13(9,11-7)12-8/h6H,3-5H2,1-2H3. The SMILES string of the molecule is CCC(CC)COP(=O)(OCl)OCl. The van der Waals surface area contributed by atoms with Crippen molar-refractivity contribution in [2.75, 3.05) is 6.61 Å². The fourth-order valence-electron chi connectivity index (χ4n) is 0.772. The lowest BCUT2D eigenvalue weighted by Gasteiger charge is -2.14. The van der Waals surface area contributed by atoms with Gasteiger partial charge in [-0.1, -0.05) is 26.7 Å². The third kappa shape index (κ3) is 5.21. The molecule has 0 heterocycles. The van der Waals surface area contributed by atoms with Gasteiger partial charge in [-0.25, -0.2) is 4.57 Å². The predicted octanol–water partition coefficient (Wildman–Crippen LogP) is 3.89. The molecule has 0 radical (unpaired) electrons. The van der Waals surface area contributed by atoms with Crippen LogP contribution >= 0.6 is 31.6 Å². The highest BCUT2D eigenvalue weighted by Gasteiger charge is 2.27. The van der Waals surface area contributed by atoms with Gasteiger partial charge in [0.15, 0.2) is 0 Å². The normalized spacial score (nSPS) is 12.4. The van der Waals surface area contributed by atoms with Crippen LogP contribution in [0.4, 0.5) is 0 Å². The fraction of sp³-hybridized carbons (Fsp3) is 1.00. The minimum absolute atomic E-state index is 0.254. The van der Waals surface area contributed by atoms with Crippen molar-refractivity contribution in [3.63, 3.8) is 0 Å². The maximum Gasteiger partial charge on any atom is 0.507 e. The zero-order valence-corrected chi connectivity index (χ0v) is 9.94. The summed E-state index contributed by atoms with van der Waals surface area (Å²) in [5.41, 5.74) is 0. The van der Waals surface area contributed by atoms with Gasteiger partial charge in [-0.3, -0.25) is 4.52 Å². The van der Waals surface area contributed by atoms with Crippen molar-refractivity contribution in [1.82, 2.24) is 0 Å². The van der Waals surface area contributed by atoms with Crippen molar-refractivity contribution in [3.05, 3.63) is 0 Å². The van der Waals surface area contributed by atoms with Gasteiger partial charge in [0.1, 0.15) is 0 Å². The number of hydrogen-bond donors (Lipinski definition) is 0. The van der Waals surface area contributed by atoms with Gasteiger partial charge in [-0.05, 0) is 5.92 Å². The lowest BCUT2D eigenvalue weighted by Crippen LogP contribution is -2.06. The van der Waals surface area contributed by atoms with Crippen LogP contribution in [0.5, 0.6) is 0 Å². The van der Waals surface area contributed by atoms with E-state index < -0.39 is 7.82 Å². The van der Waals surface area contributed by atoms with Crippen molar-refractivity contribution < 1.29 is 17.2 Å². The van der Waals surface area contributed by atoms with E-state index >= 15 is 0 Å². The average molecular weight is 251 g/mol. The second-order valence-corrected chi connectivity index (χ2v) is 4.82. The van der Waals surface area contributed by atoms with Crippen LogP contribution in [-0.2, 0) is 17.2 Å². The molecular weight excluding hydrogens is 238 g/mol. The quantitative estimate of drug-likeness (QED) is 0.644. The molecule has 80 valence electrons. The highest BCUT2D eigenvalue weighted by molar-refractivity contribution is 7.50. The maximum absolute atomic E-state index is 11.2. The number of halogens is 2. The minimum atomic E-state index is -3.73. The Morgan fingerprint density at radius 1 is 1.23 bits per heavy atom. The van der Waals surface area contributed by atoms with Crippen LogP contribution in [0.25, 0.3) is 0 Å². The van der Waals surface area contributed by atoms with Crippen molar-refractivity contribution >= 4 is 31.6 Å². The minimum Gasteiger partial charge on any atom is -0.285 e. The summed E-state index contributed by atoms with van der Waals surface area (Å²) in [6.45, 7) is 4.26. The summed E-state index contributed by atoms with van der Waals surface area (Å²) in [6, 6.07) is 0. The first-order valence-electron chi connectivity index (χ1n) is 3.97. The Hall–Kier alpha value is 0.690. The molecule has 0 aliphatic rings. The predicted molar refractivity (Wildman–Crippen MR) is 51.5 cm³/mol. The molecule has 0 fully saturated rings. The van der Waals surface area contributed by atoms with E-state index in [2.05, 4.69) is 8.15 Å². The van der Waals surface area contributed by atoms with Crippen LogP contribution in [0.1, 0.15) is 26.7 Å². The van der Waals surface area contributed by atoms with Crippen LogP contribution in [0.15, 0.2) is 0 Å². The Labute approximate surface area is 88.4 Å². The molecule has 0 aliphatic heterocycles. The Morgan fingerprint density at radius 2 is 1.69 bits per heavy atom. The maximum atomic E-state index is 11.2. The van der Waals surface area contributed by atoms with E-state index in [4.69, 9.17) is 28.3 Å². The largest absolute Gasteiger partial charge is 0.507 e.